The number of nitrogens with one attached hydrogen (secondary N) is 1. The number of aryl methyl sites for hydroxylation is 1. The monoisotopic (exact) mass is 656 g/mol. The lowest BCUT2D eigenvalue weighted by Gasteiger charge is -2.19. The normalized spacial score (nSPS) is 11.5. The quantitative estimate of drug-likeness (QED) is 0.149. The third kappa shape index (κ3) is 5.92. The molecule has 13 heteroatoms. The van der Waals surface area contributed by atoms with Crippen LogP contribution >= 0.6 is 11.6 Å². The van der Waals surface area contributed by atoms with Crippen molar-refractivity contribution in [3.8, 4) is 51.1 Å². The van der Waals surface area contributed by atoms with Gasteiger partial charge in [0.1, 0.15) is 11.2 Å². The van der Waals surface area contributed by atoms with Crippen molar-refractivity contribution >= 4 is 33.2 Å². The van der Waals surface area contributed by atoms with Gasteiger partial charge in [0.05, 0.1) is 24.2 Å². The van der Waals surface area contributed by atoms with E-state index in [1.54, 1.807) is 75.5 Å². The van der Waals surface area contributed by atoms with Crippen molar-refractivity contribution in [3.05, 3.63) is 95.0 Å². The molecular weight excluding hydrogens is 628 g/mol. The molecule has 6 aromatic rings. The highest BCUT2D eigenvalue weighted by molar-refractivity contribution is 7.93. The van der Waals surface area contributed by atoms with Gasteiger partial charge in [-0.3, -0.25) is 0 Å². The van der Waals surface area contributed by atoms with E-state index in [-0.39, 0.29) is 22.3 Å². The summed E-state index contributed by atoms with van der Waals surface area (Å²) in [6.07, 6.45) is 3.04. The number of hydrogen-bond acceptors (Lipinski definition) is 10. The van der Waals surface area contributed by atoms with Gasteiger partial charge in [0, 0.05) is 44.6 Å². The minimum Gasteiger partial charge on any atom is -0.478 e. The van der Waals surface area contributed by atoms with Gasteiger partial charge in [-0.1, -0.05) is 41.0 Å². The Kier molecular flexibility index (Phi) is 8.24. The molecule has 3 aromatic heterocycles. The van der Waals surface area contributed by atoms with Crippen molar-refractivity contribution in [3.63, 3.8) is 0 Å². The van der Waals surface area contributed by atoms with Crippen LogP contribution in [-0.2, 0) is 10.0 Å². The summed E-state index contributed by atoms with van der Waals surface area (Å²) >= 11 is 6.13. The molecule has 0 amide bonds. The van der Waals surface area contributed by atoms with Crippen molar-refractivity contribution in [1.29, 1.82) is 0 Å². The van der Waals surface area contributed by atoms with Crippen molar-refractivity contribution < 1.29 is 22.1 Å². The molecule has 0 saturated carbocycles. The van der Waals surface area contributed by atoms with E-state index in [4.69, 9.17) is 36.0 Å². The van der Waals surface area contributed by atoms with Gasteiger partial charge in [-0.2, -0.15) is 4.98 Å². The first-order chi connectivity index (χ1) is 22.1. The van der Waals surface area contributed by atoms with Crippen LogP contribution in [0.5, 0.6) is 5.88 Å². The van der Waals surface area contributed by atoms with Crippen LogP contribution in [0.2, 0.25) is 5.02 Å². The van der Waals surface area contributed by atoms with Crippen LogP contribution in [0.25, 0.3) is 45.2 Å². The fourth-order valence-corrected chi connectivity index (χ4v) is 6.58. The Bertz CT molecular complexity index is 2150. The number of nitrogens with zero attached hydrogens (tertiary/aromatic N) is 4. The van der Waals surface area contributed by atoms with Crippen molar-refractivity contribution in [2.24, 2.45) is 0 Å². The molecule has 0 saturated heterocycles. The minimum atomic E-state index is -4.25. The number of rotatable bonds is 9. The standard InChI is InChI=1S/C33H29ClN6O5S/c1-5-43-28-17-27(22-10-12-24(34)13-11-22)37-31(38-28)26-16-25(21-6-8-23(9-7-21)33-36-14-15-44-33)30(19(3)29(26)35)46(41,42)40-32-18(2)20(4)39-45-32/h6-17,40H,5,35H2,1-4H3. The van der Waals surface area contributed by atoms with E-state index in [9.17, 15) is 8.42 Å². The van der Waals surface area contributed by atoms with Crippen LogP contribution in [0, 0.1) is 20.8 Å². The second-order valence-corrected chi connectivity index (χ2v) is 12.5. The lowest BCUT2D eigenvalue weighted by molar-refractivity contribution is 0.327. The molecule has 234 valence electrons. The summed E-state index contributed by atoms with van der Waals surface area (Å²) in [6, 6.07) is 17.8. The molecule has 11 nitrogen and oxygen atoms in total. The van der Waals surface area contributed by atoms with Gasteiger partial charge in [0.2, 0.25) is 17.7 Å². The summed E-state index contributed by atoms with van der Waals surface area (Å²) in [7, 11) is -4.25. The fourth-order valence-electron chi connectivity index (χ4n) is 4.94. The lowest BCUT2D eigenvalue weighted by Crippen LogP contribution is -2.17. The molecule has 0 atom stereocenters. The molecule has 3 aromatic carbocycles. The van der Waals surface area contributed by atoms with Crippen LogP contribution in [0.1, 0.15) is 23.7 Å². The SMILES string of the molecule is CCOc1cc(-c2ccc(Cl)cc2)nc(-c2cc(-c3ccc(-c4ncco4)cc3)c(S(=O)(=O)Nc3onc(C)c3C)c(C)c2N)n1. The molecule has 0 radical (unpaired) electrons. The van der Waals surface area contributed by atoms with Gasteiger partial charge in [-0.25, -0.2) is 23.1 Å². The average molecular weight is 657 g/mol. The number of ether oxygens (including phenoxy) is 1. The molecule has 46 heavy (non-hydrogen) atoms. The van der Waals surface area contributed by atoms with Crippen molar-refractivity contribution in [2.75, 3.05) is 17.1 Å². The molecule has 3 N–H and O–H groups in total. The van der Waals surface area contributed by atoms with Gasteiger partial charge in [-0.15, -0.1) is 0 Å². The van der Waals surface area contributed by atoms with Crippen LogP contribution in [0.15, 0.2) is 87.0 Å². The topological polar surface area (TPSA) is 159 Å². The Morgan fingerprint density at radius 2 is 1.61 bits per heavy atom. The number of aromatic nitrogens is 4. The number of nitrogen functional groups attached to an aromatic ring is 1. The highest BCUT2D eigenvalue weighted by Crippen LogP contribution is 2.41. The second-order valence-electron chi connectivity index (χ2n) is 10.4. The Balaban J connectivity index is 1.56. The van der Waals surface area contributed by atoms with E-state index in [1.807, 2.05) is 19.1 Å². The summed E-state index contributed by atoms with van der Waals surface area (Å²) in [6.45, 7) is 7.31. The van der Waals surface area contributed by atoms with E-state index in [1.165, 1.54) is 6.26 Å². The molecule has 0 fully saturated rings. The number of nitrogens with two attached hydrogens (primary N) is 1. The number of sulfonamides is 1. The smallest absolute Gasteiger partial charge is 0.265 e. The van der Waals surface area contributed by atoms with Crippen LogP contribution in [-0.4, -0.2) is 35.1 Å². The second kappa shape index (κ2) is 12.3. The zero-order valence-corrected chi connectivity index (χ0v) is 26.9. The summed E-state index contributed by atoms with van der Waals surface area (Å²) < 4.78 is 47.3. The summed E-state index contributed by atoms with van der Waals surface area (Å²) in [5, 5.41) is 4.47. The first kappa shape index (κ1) is 30.8. The molecule has 0 aliphatic heterocycles. The van der Waals surface area contributed by atoms with Crippen molar-refractivity contribution in [2.45, 2.75) is 32.6 Å². The van der Waals surface area contributed by atoms with E-state index < -0.39 is 10.0 Å². The molecule has 6 rings (SSSR count). The maximum absolute atomic E-state index is 14.1. The van der Waals surface area contributed by atoms with E-state index >= 15 is 0 Å². The molecule has 0 spiro atoms. The van der Waals surface area contributed by atoms with E-state index in [2.05, 4.69) is 19.8 Å². The Morgan fingerprint density at radius 3 is 2.24 bits per heavy atom. The van der Waals surface area contributed by atoms with Crippen molar-refractivity contribution in [1.82, 2.24) is 20.1 Å². The third-order valence-corrected chi connectivity index (χ3v) is 9.24. The number of oxazole rings is 1. The predicted molar refractivity (Wildman–Crippen MR) is 176 cm³/mol. The van der Waals surface area contributed by atoms with Crippen LogP contribution < -0.4 is 15.2 Å². The van der Waals surface area contributed by atoms with E-state index in [0.717, 1.165) is 11.1 Å². The van der Waals surface area contributed by atoms with Gasteiger partial charge in [0.15, 0.2) is 5.82 Å². The van der Waals surface area contributed by atoms with Gasteiger partial charge in [0.25, 0.3) is 10.0 Å². The third-order valence-electron chi connectivity index (χ3n) is 7.47. The maximum Gasteiger partial charge on any atom is 0.265 e. The molecule has 0 aliphatic carbocycles. The Labute approximate surface area is 270 Å². The molecule has 0 aliphatic rings. The summed E-state index contributed by atoms with van der Waals surface area (Å²) in [5.41, 5.74) is 11.8. The molecule has 3 heterocycles. The molecule has 0 unspecified atom stereocenters. The summed E-state index contributed by atoms with van der Waals surface area (Å²) in [4.78, 5) is 13.6. The highest BCUT2D eigenvalue weighted by atomic mass is 35.5. The maximum atomic E-state index is 14.1. The first-order valence-corrected chi connectivity index (χ1v) is 16.1. The number of benzene rings is 3. The van der Waals surface area contributed by atoms with Gasteiger partial charge in [-0.05, 0) is 69.2 Å². The highest BCUT2D eigenvalue weighted by Gasteiger charge is 2.29. The lowest BCUT2D eigenvalue weighted by atomic mass is 9.96. The van der Waals surface area contributed by atoms with Crippen LogP contribution in [0.4, 0.5) is 11.6 Å². The molecular formula is C33H29ClN6O5S. The van der Waals surface area contributed by atoms with Gasteiger partial charge >= 0.3 is 0 Å². The molecule has 0 bridgehead atoms. The number of anilines is 2. The summed E-state index contributed by atoms with van der Waals surface area (Å²) in [5.74, 6) is 1.04. The Hall–Kier alpha value is -5.20. The first-order valence-electron chi connectivity index (χ1n) is 14.2. The minimum absolute atomic E-state index is 0.0186. The zero-order chi connectivity index (χ0) is 32.6. The van der Waals surface area contributed by atoms with E-state index in [0.29, 0.717) is 62.6 Å². The average Bonchev–Trinajstić information content (AvgIpc) is 3.69. The Morgan fingerprint density at radius 1 is 0.913 bits per heavy atom. The number of halogens is 1. The largest absolute Gasteiger partial charge is 0.478 e. The van der Waals surface area contributed by atoms with Crippen LogP contribution in [0.3, 0.4) is 0 Å². The number of hydrogen-bond donors (Lipinski definition) is 2. The zero-order valence-electron chi connectivity index (χ0n) is 25.3. The van der Waals surface area contributed by atoms with Gasteiger partial charge < -0.3 is 19.4 Å². The fraction of sp³-hybridized carbons (Fsp3) is 0.152. The predicted octanol–water partition coefficient (Wildman–Crippen LogP) is 7.48.